The molecule has 220 valence electrons. The minimum Gasteiger partial charge on any atom is -0.493 e. The zero-order valence-electron chi connectivity index (χ0n) is 24.2. The Morgan fingerprint density at radius 2 is 1.68 bits per heavy atom. The van der Waals surface area contributed by atoms with Gasteiger partial charge in [0.15, 0.2) is 0 Å². The Bertz CT molecular complexity index is 793. The van der Waals surface area contributed by atoms with Gasteiger partial charge in [-0.3, -0.25) is 9.59 Å². The van der Waals surface area contributed by atoms with Crippen LogP contribution in [0.5, 0.6) is 5.75 Å². The van der Waals surface area contributed by atoms with Gasteiger partial charge in [0.25, 0.3) is 5.91 Å². The Balaban J connectivity index is 0.0000137. The molecule has 0 saturated carbocycles. The highest BCUT2D eigenvalue weighted by molar-refractivity contribution is 5.96. The molecular formula is C29H52ClN3O5. The summed E-state index contributed by atoms with van der Waals surface area (Å²) in [6.07, 6.45) is 2.74. The molecule has 2 amide bonds. The second-order valence-electron chi connectivity index (χ2n) is 10.6. The molecule has 0 aromatic heterocycles. The monoisotopic (exact) mass is 557 g/mol. The number of benzene rings is 1. The molecule has 1 rings (SSSR count). The second kappa shape index (κ2) is 20.1. The summed E-state index contributed by atoms with van der Waals surface area (Å²) in [7, 11) is 1.64. The van der Waals surface area contributed by atoms with Crippen molar-refractivity contribution in [2.24, 2.45) is 29.4 Å². The topological polar surface area (TPSA) is 123 Å². The molecule has 0 saturated heterocycles. The number of para-hydroxylation sites is 1. The van der Waals surface area contributed by atoms with Crippen molar-refractivity contribution in [3.8, 4) is 5.75 Å². The van der Waals surface area contributed by atoms with Gasteiger partial charge in [0, 0.05) is 45.2 Å². The van der Waals surface area contributed by atoms with Crippen molar-refractivity contribution in [2.75, 3.05) is 33.4 Å². The van der Waals surface area contributed by atoms with E-state index in [1.165, 1.54) is 0 Å². The van der Waals surface area contributed by atoms with Crippen molar-refractivity contribution in [1.82, 2.24) is 10.6 Å². The Morgan fingerprint density at radius 3 is 2.29 bits per heavy atom. The van der Waals surface area contributed by atoms with E-state index in [9.17, 15) is 14.7 Å². The summed E-state index contributed by atoms with van der Waals surface area (Å²) in [6, 6.07) is 6.70. The SMILES string of the molecule is CCCCNC(=O)[C@@H](C[C@H](O)[C@@H](N)C[C@H](CNC(=O)c1ccccc1OCCCOC)C(C)C)C(C)C.Cl. The smallest absolute Gasteiger partial charge is 0.255 e. The number of hydrogen-bond donors (Lipinski definition) is 4. The normalized spacial score (nSPS) is 14.4. The van der Waals surface area contributed by atoms with Crippen LogP contribution in [-0.4, -0.2) is 62.5 Å². The molecule has 1 aromatic rings. The molecular weight excluding hydrogens is 506 g/mol. The average Bonchev–Trinajstić information content (AvgIpc) is 2.87. The van der Waals surface area contributed by atoms with Gasteiger partial charge in [-0.2, -0.15) is 0 Å². The molecule has 0 aliphatic heterocycles. The number of methoxy groups -OCH3 is 1. The summed E-state index contributed by atoms with van der Waals surface area (Å²) in [5.41, 5.74) is 6.91. The van der Waals surface area contributed by atoms with Gasteiger partial charge in [-0.15, -0.1) is 12.4 Å². The van der Waals surface area contributed by atoms with Gasteiger partial charge in [-0.25, -0.2) is 0 Å². The summed E-state index contributed by atoms with van der Waals surface area (Å²) < 4.78 is 10.8. The fraction of sp³-hybridized carbons (Fsp3) is 0.724. The number of unbranched alkanes of at least 4 members (excludes halogenated alkanes) is 1. The van der Waals surface area contributed by atoms with Gasteiger partial charge in [-0.05, 0) is 49.1 Å². The third-order valence-corrected chi connectivity index (χ3v) is 6.89. The number of aliphatic hydroxyl groups excluding tert-OH is 1. The zero-order valence-corrected chi connectivity index (χ0v) is 25.0. The number of hydrogen-bond acceptors (Lipinski definition) is 6. The first kappa shape index (κ1) is 36.1. The number of carbonyl (C=O) groups is 2. The molecule has 4 atom stereocenters. The van der Waals surface area contributed by atoms with E-state index in [1.54, 1.807) is 19.2 Å². The molecule has 5 N–H and O–H groups in total. The lowest BCUT2D eigenvalue weighted by atomic mass is 9.83. The number of halogens is 1. The third-order valence-electron chi connectivity index (χ3n) is 6.89. The van der Waals surface area contributed by atoms with E-state index in [2.05, 4.69) is 31.4 Å². The first-order chi connectivity index (χ1) is 17.6. The van der Waals surface area contributed by atoms with Crippen molar-refractivity contribution in [2.45, 2.75) is 78.9 Å². The number of nitrogens with two attached hydrogens (primary N) is 1. The van der Waals surface area contributed by atoms with E-state index in [0.717, 1.165) is 19.3 Å². The lowest BCUT2D eigenvalue weighted by Crippen LogP contribution is -2.44. The van der Waals surface area contributed by atoms with Crippen molar-refractivity contribution in [3.63, 3.8) is 0 Å². The minimum absolute atomic E-state index is 0. The third kappa shape index (κ3) is 13.3. The summed E-state index contributed by atoms with van der Waals surface area (Å²) in [6.45, 7) is 12.4. The van der Waals surface area contributed by atoms with Crippen LogP contribution in [-0.2, 0) is 9.53 Å². The van der Waals surface area contributed by atoms with Crippen LogP contribution >= 0.6 is 12.4 Å². The molecule has 0 radical (unpaired) electrons. The molecule has 0 heterocycles. The number of aliphatic hydroxyl groups is 1. The van der Waals surface area contributed by atoms with Crippen molar-refractivity contribution >= 4 is 24.2 Å². The maximum Gasteiger partial charge on any atom is 0.255 e. The second-order valence-corrected chi connectivity index (χ2v) is 10.6. The van der Waals surface area contributed by atoms with E-state index >= 15 is 0 Å². The molecule has 0 aliphatic carbocycles. The van der Waals surface area contributed by atoms with Crippen molar-refractivity contribution in [1.29, 1.82) is 0 Å². The van der Waals surface area contributed by atoms with Gasteiger partial charge >= 0.3 is 0 Å². The fourth-order valence-electron chi connectivity index (χ4n) is 4.22. The average molecular weight is 558 g/mol. The van der Waals surface area contributed by atoms with E-state index in [1.807, 2.05) is 26.0 Å². The Labute approximate surface area is 236 Å². The molecule has 0 bridgehead atoms. The van der Waals surface area contributed by atoms with Gasteiger partial charge in [0.1, 0.15) is 5.75 Å². The van der Waals surface area contributed by atoms with Gasteiger partial charge in [-0.1, -0.05) is 53.2 Å². The van der Waals surface area contributed by atoms with Gasteiger partial charge in [0.2, 0.25) is 5.91 Å². The van der Waals surface area contributed by atoms with Crippen LogP contribution < -0.4 is 21.1 Å². The maximum atomic E-state index is 13.0. The van der Waals surface area contributed by atoms with Crippen LogP contribution in [0.3, 0.4) is 0 Å². The Hall–Kier alpha value is -1.87. The summed E-state index contributed by atoms with van der Waals surface area (Å²) >= 11 is 0. The number of rotatable bonds is 19. The zero-order chi connectivity index (χ0) is 27.8. The fourth-order valence-corrected chi connectivity index (χ4v) is 4.22. The predicted molar refractivity (Wildman–Crippen MR) is 156 cm³/mol. The van der Waals surface area contributed by atoms with E-state index in [0.29, 0.717) is 50.5 Å². The van der Waals surface area contributed by atoms with E-state index in [4.69, 9.17) is 15.2 Å². The number of ether oxygens (including phenoxy) is 2. The van der Waals surface area contributed by atoms with Crippen molar-refractivity contribution < 1.29 is 24.2 Å². The molecule has 8 nitrogen and oxygen atoms in total. The largest absolute Gasteiger partial charge is 0.493 e. The molecule has 0 fully saturated rings. The van der Waals surface area contributed by atoms with Crippen molar-refractivity contribution in [3.05, 3.63) is 29.8 Å². The first-order valence-corrected chi connectivity index (χ1v) is 13.8. The molecule has 0 unspecified atom stereocenters. The summed E-state index contributed by atoms with van der Waals surface area (Å²) in [5.74, 6) is 0.435. The summed E-state index contributed by atoms with van der Waals surface area (Å²) in [5, 5.41) is 16.9. The molecule has 9 heteroatoms. The molecule has 1 aromatic carbocycles. The van der Waals surface area contributed by atoms with Crippen LogP contribution in [0.2, 0.25) is 0 Å². The predicted octanol–water partition coefficient (Wildman–Crippen LogP) is 4.18. The number of nitrogens with one attached hydrogen (secondary N) is 2. The van der Waals surface area contributed by atoms with Crippen LogP contribution in [0.4, 0.5) is 0 Å². The quantitative estimate of drug-likeness (QED) is 0.189. The van der Waals surface area contributed by atoms with E-state index in [-0.39, 0.29) is 47.9 Å². The minimum atomic E-state index is -0.803. The van der Waals surface area contributed by atoms with Gasteiger partial charge < -0.3 is 30.9 Å². The highest BCUT2D eigenvalue weighted by Crippen LogP contribution is 2.24. The highest BCUT2D eigenvalue weighted by atomic mass is 35.5. The highest BCUT2D eigenvalue weighted by Gasteiger charge is 2.29. The lowest BCUT2D eigenvalue weighted by Gasteiger charge is -2.30. The molecule has 38 heavy (non-hydrogen) atoms. The maximum absolute atomic E-state index is 13.0. The Morgan fingerprint density at radius 1 is 1.00 bits per heavy atom. The number of carbonyl (C=O) groups excluding carboxylic acids is 2. The lowest BCUT2D eigenvalue weighted by molar-refractivity contribution is -0.127. The molecule has 0 spiro atoms. The van der Waals surface area contributed by atoms with E-state index < -0.39 is 12.1 Å². The first-order valence-electron chi connectivity index (χ1n) is 13.8. The number of amides is 2. The van der Waals surface area contributed by atoms with Crippen LogP contribution in [0.1, 0.15) is 77.1 Å². The van der Waals surface area contributed by atoms with Crippen LogP contribution in [0.25, 0.3) is 0 Å². The summed E-state index contributed by atoms with van der Waals surface area (Å²) in [4.78, 5) is 25.6. The van der Waals surface area contributed by atoms with Crippen LogP contribution in [0, 0.1) is 23.7 Å². The Kier molecular flexibility index (Phi) is 19.1. The molecule has 0 aliphatic rings. The van der Waals surface area contributed by atoms with Gasteiger partial charge in [0.05, 0.1) is 18.3 Å². The van der Waals surface area contributed by atoms with Crippen LogP contribution in [0.15, 0.2) is 24.3 Å². The standard InChI is InChI=1S/C29H51N3O5.ClH/c1-7-8-14-31-29(35)24(21(4)5)18-26(33)25(30)17-22(20(2)3)19-32-28(34)23-12-9-10-13-27(23)37-16-11-15-36-6;/h9-10,12-13,20-22,24-26,33H,7-8,11,14-19,30H2,1-6H3,(H,31,35)(H,32,34);1H/t22-,24+,25+,26+;/m1./s1.